The fourth-order valence-corrected chi connectivity index (χ4v) is 5.76. The smallest absolute Gasteiger partial charge is 0.255 e. The third-order valence-corrected chi connectivity index (χ3v) is 7.33. The van der Waals surface area contributed by atoms with Gasteiger partial charge in [-0.1, -0.05) is 6.92 Å². The summed E-state index contributed by atoms with van der Waals surface area (Å²) >= 11 is 0. The third-order valence-electron chi connectivity index (χ3n) is 7.33. The molecule has 37 heavy (non-hydrogen) atoms. The van der Waals surface area contributed by atoms with E-state index in [9.17, 15) is 34.5 Å². The summed E-state index contributed by atoms with van der Waals surface area (Å²) in [4.78, 5) is 52.7. The number of aliphatic hydroxyl groups is 2. The molecule has 0 spiro atoms. The second-order valence-electron chi connectivity index (χ2n) is 10.0. The van der Waals surface area contributed by atoms with Gasteiger partial charge in [0.1, 0.15) is 17.1 Å². The first-order valence-electron chi connectivity index (χ1n) is 12.3. The standard InChI is InChI=1S/C26H32N4O7/c1-4-5-28-10-17(32)29-14-9-15(30(2)3)13-7-11-6-12-8-16(31)21(26(27)37)25(36)19(12)23(34)18(11)24(35)20(13)22(14)33/h9,11-12,19,28,31,33-34H,4-8,10H2,1-3H3,(H2,27,37)(H,29,32). The predicted molar refractivity (Wildman–Crippen MR) is 135 cm³/mol. The van der Waals surface area contributed by atoms with E-state index in [2.05, 4.69) is 10.6 Å². The van der Waals surface area contributed by atoms with Crippen molar-refractivity contribution < 1.29 is 34.5 Å². The molecule has 3 atom stereocenters. The molecule has 3 aliphatic rings. The highest BCUT2D eigenvalue weighted by Crippen LogP contribution is 2.51. The molecule has 4 rings (SSSR count). The van der Waals surface area contributed by atoms with Crippen LogP contribution in [-0.4, -0.2) is 65.9 Å². The Hall–Kier alpha value is -3.86. The molecule has 0 saturated heterocycles. The predicted octanol–water partition coefficient (Wildman–Crippen LogP) is 1.47. The fourth-order valence-electron chi connectivity index (χ4n) is 5.76. The minimum atomic E-state index is -1.18. The van der Waals surface area contributed by atoms with E-state index in [1.807, 2.05) is 6.92 Å². The molecular formula is C26H32N4O7. The molecule has 11 heteroatoms. The van der Waals surface area contributed by atoms with Crippen molar-refractivity contribution >= 4 is 34.8 Å². The lowest BCUT2D eigenvalue weighted by molar-refractivity contribution is -0.126. The number of phenolic OH excluding ortho intramolecular Hbond substituents is 1. The highest BCUT2D eigenvalue weighted by molar-refractivity contribution is 6.22. The zero-order valence-electron chi connectivity index (χ0n) is 21.1. The number of amides is 2. The van der Waals surface area contributed by atoms with Crippen molar-refractivity contribution in [1.82, 2.24) is 5.32 Å². The molecule has 3 aliphatic carbocycles. The number of nitrogens with zero attached hydrogens (tertiary/aromatic N) is 1. The zero-order valence-corrected chi connectivity index (χ0v) is 21.1. The van der Waals surface area contributed by atoms with Gasteiger partial charge in [-0.2, -0.15) is 0 Å². The lowest BCUT2D eigenvalue weighted by atomic mass is 9.62. The highest BCUT2D eigenvalue weighted by Gasteiger charge is 2.50. The molecule has 198 valence electrons. The van der Waals surface area contributed by atoms with Gasteiger partial charge in [-0.25, -0.2) is 0 Å². The first kappa shape index (κ1) is 26.2. The molecule has 11 nitrogen and oxygen atoms in total. The van der Waals surface area contributed by atoms with E-state index in [-0.39, 0.29) is 29.8 Å². The maximum Gasteiger partial charge on any atom is 0.255 e. The zero-order chi connectivity index (χ0) is 27.2. The average molecular weight is 513 g/mol. The fraction of sp³-hybridized carbons (Fsp3) is 0.462. The molecule has 1 aromatic carbocycles. The number of carbonyl (C=O) groups excluding carboxylic acids is 4. The number of nitrogens with one attached hydrogen (secondary N) is 2. The van der Waals surface area contributed by atoms with Crippen LogP contribution in [-0.2, 0) is 20.8 Å². The highest BCUT2D eigenvalue weighted by atomic mass is 16.3. The number of carbonyl (C=O) groups is 4. The minimum Gasteiger partial charge on any atom is -0.511 e. The van der Waals surface area contributed by atoms with Crippen LogP contribution in [0.3, 0.4) is 0 Å². The van der Waals surface area contributed by atoms with Gasteiger partial charge in [0.25, 0.3) is 5.91 Å². The number of aromatic hydroxyl groups is 1. The van der Waals surface area contributed by atoms with Gasteiger partial charge in [0.05, 0.1) is 23.7 Å². The number of anilines is 2. The van der Waals surface area contributed by atoms with E-state index >= 15 is 0 Å². The Labute approximate surface area is 214 Å². The van der Waals surface area contributed by atoms with Gasteiger partial charge < -0.3 is 36.6 Å². The number of fused-ring (bicyclic) bond motifs is 3. The maximum atomic E-state index is 13.8. The lowest BCUT2D eigenvalue weighted by Crippen LogP contribution is -2.43. The molecule has 3 unspecified atom stereocenters. The second-order valence-corrected chi connectivity index (χ2v) is 10.0. The number of primary amides is 1. The number of rotatable bonds is 7. The summed E-state index contributed by atoms with van der Waals surface area (Å²) in [5.74, 6) is -6.39. The van der Waals surface area contributed by atoms with Crippen LogP contribution in [0.25, 0.3) is 0 Å². The number of benzene rings is 1. The van der Waals surface area contributed by atoms with Crippen LogP contribution in [0.1, 0.15) is 42.1 Å². The van der Waals surface area contributed by atoms with Crippen LogP contribution in [0.4, 0.5) is 11.4 Å². The molecule has 0 radical (unpaired) electrons. The van der Waals surface area contributed by atoms with E-state index in [4.69, 9.17) is 5.73 Å². The largest absolute Gasteiger partial charge is 0.511 e. The summed E-state index contributed by atoms with van der Waals surface area (Å²) in [7, 11) is 3.55. The Bertz CT molecular complexity index is 1260. The van der Waals surface area contributed by atoms with Crippen LogP contribution in [0.2, 0.25) is 0 Å². The van der Waals surface area contributed by atoms with Gasteiger partial charge in [0.2, 0.25) is 5.91 Å². The van der Waals surface area contributed by atoms with Crippen molar-refractivity contribution in [3.05, 3.63) is 39.9 Å². The molecular weight excluding hydrogens is 480 g/mol. The number of Topliss-reactive ketones (excluding diaryl/α,β-unsaturated/α-hetero) is 2. The quantitative estimate of drug-likeness (QED) is 0.179. The number of nitrogens with two attached hydrogens (primary N) is 1. The molecule has 0 heterocycles. The third kappa shape index (κ3) is 4.43. The summed E-state index contributed by atoms with van der Waals surface area (Å²) in [5.41, 5.74) is 5.92. The first-order valence-corrected chi connectivity index (χ1v) is 12.3. The second kappa shape index (κ2) is 9.89. The van der Waals surface area contributed by atoms with Crippen molar-refractivity contribution in [1.29, 1.82) is 0 Å². The van der Waals surface area contributed by atoms with E-state index in [1.54, 1.807) is 25.1 Å². The molecule has 0 saturated carbocycles. The number of ketones is 2. The number of allylic oxidation sites excluding steroid dienone is 3. The normalized spacial score (nSPS) is 22.8. The molecule has 0 fully saturated rings. The molecule has 2 amide bonds. The van der Waals surface area contributed by atoms with Gasteiger partial charge in [0, 0.05) is 31.8 Å². The molecule has 0 aromatic heterocycles. The first-order chi connectivity index (χ1) is 17.5. The molecule has 1 aromatic rings. The minimum absolute atomic E-state index is 0.000375. The summed E-state index contributed by atoms with van der Waals surface area (Å²) < 4.78 is 0. The Balaban J connectivity index is 1.78. The van der Waals surface area contributed by atoms with E-state index < -0.39 is 64.0 Å². The SMILES string of the molecule is CCCNCC(=O)Nc1cc(N(C)C)c2c(c1O)C(=O)C1=C(O)C3C(=O)C(C(N)=O)=C(O)CC3CC1C2. The molecule has 7 N–H and O–H groups in total. The summed E-state index contributed by atoms with van der Waals surface area (Å²) in [6, 6.07) is 1.61. The summed E-state index contributed by atoms with van der Waals surface area (Å²) in [5, 5.41) is 38.2. The van der Waals surface area contributed by atoms with E-state index in [1.165, 1.54) is 0 Å². The van der Waals surface area contributed by atoms with Crippen LogP contribution in [0.5, 0.6) is 5.75 Å². The van der Waals surface area contributed by atoms with Gasteiger partial charge in [-0.15, -0.1) is 0 Å². The molecule has 0 bridgehead atoms. The Morgan fingerprint density at radius 1 is 1.16 bits per heavy atom. The van der Waals surface area contributed by atoms with Crippen molar-refractivity contribution in [2.75, 3.05) is 37.4 Å². The topological polar surface area (TPSA) is 182 Å². The van der Waals surface area contributed by atoms with Crippen LogP contribution in [0.15, 0.2) is 28.7 Å². The maximum absolute atomic E-state index is 13.8. The Morgan fingerprint density at radius 2 is 1.86 bits per heavy atom. The van der Waals surface area contributed by atoms with E-state index in [0.717, 1.165) is 6.42 Å². The summed E-state index contributed by atoms with van der Waals surface area (Å²) in [6.45, 7) is 2.64. The van der Waals surface area contributed by atoms with Gasteiger partial charge >= 0.3 is 0 Å². The van der Waals surface area contributed by atoms with Crippen molar-refractivity contribution in [2.45, 2.75) is 32.6 Å². The number of aliphatic hydroxyl groups excluding tert-OH is 2. The van der Waals surface area contributed by atoms with Crippen LogP contribution >= 0.6 is 0 Å². The van der Waals surface area contributed by atoms with Crippen LogP contribution in [0, 0.1) is 17.8 Å². The monoisotopic (exact) mass is 512 g/mol. The Morgan fingerprint density at radius 3 is 2.49 bits per heavy atom. The number of hydrogen-bond donors (Lipinski definition) is 6. The summed E-state index contributed by atoms with van der Waals surface area (Å²) in [6.07, 6.45) is 1.42. The van der Waals surface area contributed by atoms with Gasteiger partial charge in [0.15, 0.2) is 17.3 Å². The van der Waals surface area contributed by atoms with Crippen molar-refractivity contribution in [2.24, 2.45) is 23.5 Å². The average Bonchev–Trinajstić information content (AvgIpc) is 2.79. The van der Waals surface area contributed by atoms with E-state index in [0.29, 0.717) is 30.6 Å². The van der Waals surface area contributed by atoms with Gasteiger partial charge in [-0.05, 0) is 49.3 Å². The van der Waals surface area contributed by atoms with Crippen LogP contribution < -0.4 is 21.3 Å². The Kier molecular flexibility index (Phi) is 7.00. The van der Waals surface area contributed by atoms with Gasteiger partial charge in [-0.3, -0.25) is 19.2 Å². The van der Waals surface area contributed by atoms with Crippen molar-refractivity contribution in [3.63, 3.8) is 0 Å². The number of hydrogen-bond acceptors (Lipinski definition) is 9. The van der Waals surface area contributed by atoms with Crippen molar-refractivity contribution in [3.8, 4) is 5.75 Å². The molecule has 0 aliphatic heterocycles. The number of phenols is 1. The lowest BCUT2D eigenvalue weighted by Gasteiger charge is -2.41.